The Morgan fingerprint density at radius 2 is 1.93 bits per heavy atom. The highest BCUT2D eigenvalue weighted by molar-refractivity contribution is 4.87. The molecular weight excluding hydrogens is 170 g/mol. The zero-order valence-electron chi connectivity index (χ0n) is 10.6. The maximum absolute atomic E-state index is 2.60. The van der Waals surface area contributed by atoms with E-state index in [1.165, 1.54) is 32.1 Å². The van der Waals surface area contributed by atoms with Crippen LogP contribution in [0.4, 0.5) is 0 Å². The van der Waals surface area contributed by atoms with Crippen LogP contribution < -0.4 is 0 Å². The lowest BCUT2D eigenvalue weighted by atomic mass is 9.83. The summed E-state index contributed by atoms with van der Waals surface area (Å²) in [6, 6.07) is 0.746. The molecule has 0 amide bonds. The van der Waals surface area contributed by atoms with E-state index in [1.54, 1.807) is 0 Å². The van der Waals surface area contributed by atoms with Crippen LogP contribution in [0.3, 0.4) is 0 Å². The van der Waals surface area contributed by atoms with Gasteiger partial charge in [-0.25, -0.2) is 0 Å². The summed E-state index contributed by atoms with van der Waals surface area (Å²) in [6.45, 7) is 9.52. The zero-order valence-corrected chi connectivity index (χ0v) is 10.6. The predicted molar refractivity (Wildman–Crippen MR) is 63.6 cm³/mol. The molecule has 1 aliphatic rings. The Hall–Kier alpha value is -0.0400. The van der Waals surface area contributed by atoms with Crippen LogP contribution in [0, 0.1) is 5.92 Å². The number of nitrogens with zero attached hydrogens (tertiary/aromatic N) is 1. The second-order valence-electron chi connectivity index (χ2n) is 5.58. The third kappa shape index (κ3) is 2.50. The molecule has 1 saturated heterocycles. The topological polar surface area (TPSA) is 3.24 Å². The van der Waals surface area contributed by atoms with Gasteiger partial charge < -0.3 is 0 Å². The average molecular weight is 197 g/mol. The minimum absolute atomic E-state index is 0.396. The molecule has 0 aromatic heterocycles. The second-order valence-corrected chi connectivity index (χ2v) is 5.58. The van der Waals surface area contributed by atoms with Crippen molar-refractivity contribution in [1.29, 1.82) is 0 Å². The summed E-state index contributed by atoms with van der Waals surface area (Å²) in [5.41, 5.74) is 0.396. The Bertz CT molecular complexity index is 174. The number of rotatable bonds is 1. The largest absolute Gasteiger partial charge is 0.298 e. The van der Waals surface area contributed by atoms with Gasteiger partial charge in [-0.05, 0) is 46.6 Å². The summed E-state index contributed by atoms with van der Waals surface area (Å²) in [4.78, 5) is 2.60. The van der Waals surface area contributed by atoms with Crippen molar-refractivity contribution < 1.29 is 0 Å². The van der Waals surface area contributed by atoms with Gasteiger partial charge in [0.1, 0.15) is 0 Å². The molecular formula is C13H27N. The Morgan fingerprint density at radius 3 is 2.50 bits per heavy atom. The minimum Gasteiger partial charge on any atom is -0.298 e. The summed E-state index contributed by atoms with van der Waals surface area (Å²) >= 11 is 0. The summed E-state index contributed by atoms with van der Waals surface area (Å²) in [5, 5.41) is 0. The van der Waals surface area contributed by atoms with E-state index in [0.29, 0.717) is 5.54 Å². The third-order valence-corrected chi connectivity index (χ3v) is 4.39. The molecule has 1 aliphatic heterocycles. The van der Waals surface area contributed by atoms with Crippen LogP contribution in [0.2, 0.25) is 0 Å². The predicted octanol–water partition coefficient (Wildman–Crippen LogP) is 3.69. The first-order valence-electron chi connectivity index (χ1n) is 6.22. The minimum atomic E-state index is 0.396. The number of likely N-dealkylation sites (tertiary alicyclic amines) is 1. The Labute approximate surface area is 89.9 Å². The molecule has 1 nitrogen and oxygen atoms in total. The smallest absolute Gasteiger partial charge is 0.0153 e. The Morgan fingerprint density at radius 1 is 1.29 bits per heavy atom. The van der Waals surface area contributed by atoms with Gasteiger partial charge >= 0.3 is 0 Å². The molecule has 0 N–H and O–H groups in total. The SMILES string of the molecule is CCC1CCCCC(C)(C)N(C)C1C. The highest BCUT2D eigenvalue weighted by Crippen LogP contribution is 2.32. The molecule has 2 unspecified atom stereocenters. The Balaban J connectivity index is 2.73. The molecule has 0 aliphatic carbocycles. The average Bonchev–Trinajstić information content (AvgIpc) is 2.14. The first kappa shape index (κ1) is 12.0. The van der Waals surface area contributed by atoms with Crippen molar-refractivity contribution in [2.45, 2.75) is 71.4 Å². The van der Waals surface area contributed by atoms with Gasteiger partial charge in [-0.1, -0.05) is 26.2 Å². The molecule has 0 aromatic carbocycles. The van der Waals surface area contributed by atoms with Crippen molar-refractivity contribution in [1.82, 2.24) is 4.90 Å². The molecule has 0 spiro atoms. The van der Waals surface area contributed by atoms with Crippen LogP contribution in [0.15, 0.2) is 0 Å². The van der Waals surface area contributed by atoms with Gasteiger partial charge in [-0.3, -0.25) is 4.90 Å². The van der Waals surface area contributed by atoms with E-state index < -0.39 is 0 Å². The van der Waals surface area contributed by atoms with E-state index in [9.17, 15) is 0 Å². The second kappa shape index (κ2) is 4.65. The lowest BCUT2D eigenvalue weighted by molar-refractivity contribution is 0.0498. The van der Waals surface area contributed by atoms with Gasteiger partial charge in [0, 0.05) is 11.6 Å². The molecule has 1 heteroatoms. The summed E-state index contributed by atoms with van der Waals surface area (Å²) in [6.07, 6.45) is 6.95. The van der Waals surface area contributed by atoms with Gasteiger partial charge in [0.05, 0.1) is 0 Å². The molecule has 0 aromatic rings. The van der Waals surface area contributed by atoms with Crippen molar-refractivity contribution in [3.8, 4) is 0 Å². The van der Waals surface area contributed by atoms with Crippen LogP contribution in [0.1, 0.15) is 59.8 Å². The molecule has 0 radical (unpaired) electrons. The highest BCUT2D eigenvalue weighted by Gasteiger charge is 2.32. The van der Waals surface area contributed by atoms with E-state index in [0.717, 1.165) is 12.0 Å². The van der Waals surface area contributed by atoms with Crippen molar-refractivity contribution in [3.05, 3.63) is 0 Å². The zero-order chi connectivity index (χ0) is 10.8. The van der Waals surface area contributed by atoms with Crippen LogP contribution in [-0.4, -0.2) is 23.5 Å². The van der Waals surface area contributed by atoms with Crippen LogP contribution in [-0.2, 0) is 0 Å². The number of hydrogen-bond donors (Lipinski definition) is 0. The van der Waals surface area contributed by atoms with Crippen LogP contribution >= 0.6 is 0 Å². The fourth-order valence-corrected chi connectivity index (χ4v) is 2.79. The van der Waals surface area contributed by atoms with Gasteiger partial charge in [-0.2, -0.15) is 0 Å². The summed E-state index contributed by atoms with van der Waals surface area (Å²) in [5.74, 6) is 0.902. The summed E-state index contributed by atoms with van der Waals surface area (Å²) < 4.78 is 0. The van der Waals surface area contributed by atoms with Gasteiger partial charge in [0.25, 0.3) is 0 Å². The lowest BCUT2D eigenvalue weighted by Crippen LogP contribution is -2.49. The van der Waals surface area contributed by atoms with Crippen LogP contribution in [0.5, 0.6) is 0 Å². The summed E-state index contributed by atoms with van der Waals surface area (Å²) in [7, 11) is 2.30. The maximum Gasteiger partial charge on any atom is 0.0153 e. The monoisotopic (exact) mass is 197 g/mol. The van der Waals surface area contributed by atoms with E-state index in [-0.39, 0.29) is 0 Å². The van der Waals surface area contributed by atoms with E-state index in [2.05, 4.69) is 39.6 Å². The molecule has 14 heavy (non-hydrogen) atoms. The third-order valence-electron chi connectivity index (χ3n) is 4.39. The van der Waals surface area contributed by atoms with Gasteiger partial charge in [0.15, 0.2) is 0 Å². The number of hydrogen-bond acceptors (Lipinski definition) is 1. The molecule has 0 bridgehead atoms. The van der Waals surface area contributed by atoms with E-state index in [4.69, 9.17) is 0 Å². The van der Waals surface area contributed by atoms with Gasteiger partial charge in [0.2, 0.25) is 0 Å². The van der Waals surface area contributed by atoms with Crippen molar-refractivity contribution in [2.24, 2.45) is 5.92 Å². The highest BCUT2D eigenvalue weighted by atomic mass is 15.2. The fourth-order valence-electron chi connectivity index (χ4n) is 2.79. The lowest BCUT2D eigenvalue weighted by Gasteiger charge is -2.45. The molecule has 84 valence electrons. The van der Waals surface area contributed by atoms with Crippen molar-refractivity contribution in [2.75, 3.05) is 7.05 Å². The molecule has 1 rings (SSSR count). The van der Waals surface area contributed by atoms with Crippen molar-refractivity contribution >= 4 is 0 Å². The molecule has 0 saturated carbocycles. The van der Waals surface area contributed by atoms with Crippen LogP contribution in [0.25, 0.3) is 0 Å². The first-order chi connectivity index (χ1) is 6.49. The van der Waals surface area contributed by atoms with E-state index in [1.807, 2.05) is 0 Å². The normalized spacial score (nSPS) is 34.9. The maximum atomic E-state index is 2.60. The fraction of sp³-hybridized carbons (Fsp3) is 1.00. The molecule has 2 atom stereocenters. The first-order valence-corrected chi connectivity index (χ1v) is 6.22. The van der Waals surface area contributed by atoms with Gasteiger partial charge in [-0.15, -0.1) is 0 Å². The standard InChI is InChI=1S/C13H27N/c1-6-12-9-7-8-10-13(3,4)14(5)11(12)2/h11-12H,6-10H2,1-5H3. The van der Waals surface area contributed by atoms with E-state index >= 15 is 0 Å². The van der Waals surface area contributed by atoms with Crippen molar-refractivity contribution in [3.63, 3.8) is 0 Å². The Kier molecular flexibility index (Phi) is 4.00. The molecule has 1 fully saturated rings. The quantitative estimate of drug-likeness (QED) is 0.620. The molecule has 1 heterocycles.